The van der Waals surface area contributed by atoms with Gasteiger partial charge >= 0.3 is 0 Å². The molecule has 2 aromatic carbocycles. The molecule has 1 aliphatic heterocycles. The molecule has 1 N–H and O–H groups in total. The van der Waals surface area contributed by atoms with Crippen molar-refractivity contribution in [2.75, 3.05) is 38.1 Å². The second-order valence-corrected chi connectivity index (χ2v) is 7.65. The Morgan fingerprint density at radius 1 is 1.00 bits per heavy atom. The number of amides is 1. The third-order valence-corrected chi connectivity index (χ3v) is 5.57. The average Bonchev–Trinajstić information content (AvgIpc) is 3.23. The summed E-state index contributed by atoms with van der Waals surface area (Å²) in [5, 5.41) is 3.57. The lowest BCUT2D eigenvalue weighted by atomic mass is 10.1. The van der Waals surface area contributed by atoms with E-state index < -0.39 is 0 Å². The fraction of sp³-hybridized carbons (Fsp3) is 0.261. The number of carbonyl (C=O) groups is 1. The molecule has 0 bridgehead atoms. The maximum atomic E-state index is 12.6. The Bertz CT molecular complexity index is 993. The molecule has 1 aromatic heterocycles. The monoisotopic (exact) mass is 409 g/mol. The highest BCUT2D eigenvalue weighted by molar-refractivity contribution is 6.33. The number of nitrogens with one attached hydrogen (secondary N) is 1. The van der Waals surface area contributed by atoms with Gasteiger partial charge in [-0.3, -0.25) is 4.79 Å². The number of furan rings is 1. The van der Waals surface area contributed by atoms with Crippen LogP contribution in [0, 0.1) is 0 Å². The number of halogens is 1. The predicted molar refractivity (Wildman–Crippen MR) is 116 cm³/mol. The van der Waals surface area contributed by atoms with E-state index in [1.54, 1.807) is 18.2 Å². The molecule has 0 atom stereocenters. The van der Waals surface area contributed by atoms with Crippen LogP contribution in [0.25, 0.3) is 11.3 Å². The topological polar surface area (TPSA) is 48.7 Å². The normalized spacial score (nSPS) is 14.8. The molecule has 3 aromatic rings. The minimum Gasteiger partial charge on any atom is -0.451 e. The van der Waals surface area contributed by atoms with E-state index in [2.05, 4.69) is 34.3 Å². The third kappa shape index (κ3) is 4.47. The van der Waals surface area contributed by atoms with E-state index in [1.165, 1.54) is 5.69 Å². The van der Waals surface area contributed by atoms with Gasteiger partial charge in [-0.15, -0.1) is 0 Å². The molecule has 0 spiro atoms. The SMILES string of the molecule is CN1CCN(c2ccccc2CNC(=O)c2ccc(-c3ccccc3Cl)o2)CC1. The standard InChI is InChI=1S/C23H24ClN3O2/c1-26-12-14-27(15-13-26)20-9-5-2-6-17(20)16-25-23(28)22-11-10-21(29-22)18-7-3-4-8-19(18)24/h2-11H,12-16H2,1H3,(H,25,28). The van der Waals surface area contributed by atoms with Gasteiger partial charge in [-0.05, 0) is 42.9 Å². The molecule has 4 rings (SSSR count). The number of anilines is 1. The van der Waals surface area contributed by atoms with Crippen molar-refractivity contribution in [1.29, 1.82) is 0 Å². The fourth-order valence-corrected chi connectivity index (χ4v) is 3.77. The van der Waals surface area contributed by atoms with Crippen molar-refractivity contribution in [3.8, 4) is 11.3 Å². The van der Waals surface area contributed by atoms with Crippen molar-refractivity contribution >= 4 is 23.2 Å². The summed E-state index contributed by atoms with van der Waals surface area (Å²) in [6.07, 6.45) is 0. The number of hydrogen-bond donors (Lipinski definition) is 1. The number of nitrogens with zero attached hydrogens (tertiary/aromatic N) is 2. The second-order valence-electron chi connectivity index (χ2n) is 7.25. The van der Waals surface area contributed by atoms with Crippen molar-refractivity contribution < 1.29 is 9.21 Å². The lowest BCUT2D eigenvalue weighted by Crippen LogP contribution is -2.45. The van der Waals surface area contributed by atoms with Gasteiger partial charge in [0.2, 0.25) is 0 Å². The van der Waals surface area contributed by atoms with Crippen LogP contribution >= 0.6 is 11.6 Å². The summed E-state index contributed by atoms with van der Waals surface area (Å²) < 4.78 is 5.75. The molecule has 0 saturated carbocycles. The van der Waals surface area contributed by atoms with E-state index in [4.69, 9.17) is 16.0 Å². The smallest absolute Gasteiger partial charge is 0.287 e. The Kier molecular flexibility index (Phi) is 5.88. The van der Waals surface area contributed by atoms with Crippen LogP contribution in [0.5, 0.6) is 0 Å². The van der Waals surface area contributed by atoms with Crippen LogP contribution in [0.15, 0.2) is 65.1 Å². The van der Waals surface area contributed by atoms with E-state index in [0.29, 0.717) is 17.3 Å². The van der Waals surface area contributed by atoms with E-state index >= 15 is 0 Å². The Morgan fingerprint density at radius 2 is 1.72 bits per heavy atom. The van der Waals surface area contributed by atoms with Crippen LogP contribution in [0.1, 0.15) is 16.1 Å². The number of likely N-dealkylation sites (N-methyl/N-ethyl adjacent to an activating group) is 1. The first-order valence-electron chi connectivity index (χ1n) is 9.76. The zero-order valence-corrected chi connectivity index (χ0v) is 17.2. The van der Waals surface area contributed by atoms with Crippen LogP contribution in [-0.4, -0.2) is 44.0 Å². The average molecular weight is 410 g/mol. The summed E-state index contributed by atoms with van der Waals surface area (Å²) in [5.74, 6) is 0.618. The second kappa shape index (κ2) is 8.72. The van der Waals surface area contributed by atoms with Crippen molar-refractivity contribution in [3.63, 3.8) is 0 Å². The Balaban J connectivity index is 1.44. The minimum absolute atomic E-state index is 0.239. The maximum absolute atomic E-state index is 12.6. The predicted octanol–water partition coefficient (Wildman–Crippen LogP) is 4.28. The molecule has 0 radical (unpaired) electrons. The van der Waals surface area contributed by atoms with Gasteiger partial charge in [0, 0.05) is 44.0 Å². The van der Waals surface area contributed by atoms with Gasteiger partial charge in [-0.2, -0.15) is 0 Å². The van der Waals surface area contributed by atoms with Crippen LogP contribution < -0.4 is 10.2 Å². The van der Waals surface area contributed by atoms with Crippen molar-refractivity contribution in [2.45, 2.75) is 6.54 Å². The van der Waals surface area contributed by atoms with Gasteiger partial charge in [0.15, 0.2) is 5.76 Å². The number of rotatable bonds is 5. The summed E-state index contributed by atoms with van der Waals surface area (Å²) in [4.78, 5) is 17.3. The molecule has 1 aliphatic rings. The highest BCUT2D eigenvalue weighted by atomic mass is 35.5. The van der Waals surface area contributed by atoms with Gasteiger partial charge in [-0.1, -0.05) is 41.9 Å². The van der Waals surface area contributed by atoms with Crippen LogP contribution in [0.2, 0.25) is 5.02 Å². The maximum Gasteiger partial charge on any atom is 0.287 e. The van der Waals surface area contributed by atoms with E-state index in [1.807, 2.05) is 30.3 Å². The van der Waals surface area contributed by atoms with Crippen molar-refractivity contribution in [2.24, 2.45) is 0 Å². The van der Waals surface area contributed by atoms with Crippen molar-refractivity contribution in [3.05, 3.63) is 77.0 Å². The number of benzene rings is 2. The summed E-state index contributed by atoms with van der Waals surface area (Å²) in [5.41, 5.74) is 3.05. The third-order valence-electron chi connectivity index (χ3n) is 5.24. The Hall–Kier alpha value is -2.76. The number of carbonyl (C=O) groups excluding carboxylic acids is 1. The quantitative estimate of drug-likeness (QED) is 0.683. The van der Waals surface area contributed by atoms with E-state index in [9.17, 15) is 4.79 Å². The molecule has 1 fully saturated rings. The molecule has 150 valence electrons. The Labute approximate surface area is 175 Å². The zero-order chi connectivity index (χ0) is 20.2. The van der Waals surface area contributed by atoms with Crippen LogP contribution in [-0.2, 0) is 6.54 Å². The van der Waals surface area contributed by atoms with Gasteiger partial charge in [0.05, 0.1) is 5.02 Å². The van der Waals surface area contributed by atoms with Gasteiger partial charge in [0.1, 0.15) is 5.76 Å². The summed E-state index contributed by atoms with van der Waals surface area (Å²) in [6.45, 7) is 4.50. The molecule has 1 saturated heterocycles. The number of para-hydroxylation sites is 1. The molecule has 2 heterocycles. The van der Waals surface area contributed by atoms with Gasteiger partial charge < -0.3 is 19.5 Å². The van der Waals surface area contributed by atoms with Crippen LogP contribution in [0.3, 0.4) is 0 Å². The first-order chi connectivity index (χ1) is 14.1. The molecule has 0 unspecified atom stereocenters. The first kappa shape index (κ1) is 19.6. The Morgan fingerprint density at radius 3 is 2.52 bits per heavy atom. The zero-order valence-electron chi connectivity index (χ0n) is 16.4. The lowest BCUT2D eigenvalue weighted by molar-refractivity contribution is 0.0924. The van der Waals surface area contributed by atoms with Gasteiger partial charge in [0.25, 0.3) is 5.91 Å². The molecular weight excluding hydrogens is 386 g/mol. The molecule has 29 heavy (non-hydrogen) atoms. The number of hydrogen-bond acceptors (Lipinski definition) is 4. The largest absolute Gasteiger partial charge is 0.451 e. The van der Waals surface area contributed by atoms with Crippen LogP contribution in [0.4, 0.5) is 5.69 Å². The summed E-state index contributed by atoms with van der Waals surface area (Å²) in [6, 6.07) is 19.1. The molecule has 1 amide bonds. The summed E-state index contributed by atoms with van der Waals surface area (Å²) in [7, 11) is 2.14. The molecule has 0 aliphatic carbocycles. The van der Waals surface area contributed by atoms with E-state index in [0.717, 1.165) is 37.3 Å². The highest BCUT2D eigenvalue weighted by Crippen LogP contribution is 2.29. The van der Waals surface area contributed by atoms with Crippen molar-refractivity contribution in [1.82, 2.24) is 10.2 Å². The minimum atomic E-state index is -0.239. The molecule has 6 heteroatoms. The summed E-state index contributed by atoms with van der Waals surface area (Å²) >= 11 is 6.22. The lowest BCUT2D eigenvalue weighted by Gasteiger charge is -2.35. The fourth-order valence-electron chi connectivity index (χ4n) is 3.54. The van der Waals surface area contributed by atoms with Gasteiger partial charge in [-0.25, -0.2) is 0 Å². The molecular formula is C23H24ClN3O2. The highest BCUT2D eigenvalue weighted by Gasteiger charge is 2.18. The van der Waals surface area contributed by atoms with E-state index in [-0.39, 0.29) is 11.7 Å². The molecule has 5 nitrogen and oxygen atoms in total. The number of piperazine rings is 1. The first-order valence-corrected chi connectivity index (χ1v) is 10.1.